The first kappa shape index (κ1) is 19.0. The average Bonchev–Trinajstić information content (AvgIpc) is 2.91. The van der Waals surface area contributed by atoms with Crippen LogP contribution in [0.4, 0.5) is 0 Å². The van der Waals surface area contributed by atoms with Gasteiger partial charge in [0.1, 0.15) is 6.07 Å². The van der Waals surface area contributed by atoms with E-state index in [0.29, 0.717) is 5.56 Å². The van der Waals surface area contributed by atoms with Crippen LogP contribution in [0.3, 0.4) is 0 Å². The van der Waals surface area contributed by atoms with Gasteiger partial charge in [-0.25, -0.2) is 0 Å². The van der Waals surface area contributed by atoms with E-state index in [1.807, 2.05) is 25.7 Å². The zero-order valence-corrected chi connectivity index (χ0v) is 15.9. The van der Waals surface area contributed by atoms with Crippen LogP contribution in [-0.4, -0.2) is 19.6 Å². The molecule has 5 nitrogen and oxygen atoms in total. The Balaban J connectivity index is 0.000000231. The molecule has 0 radical (unpaired) electrons. The molecule has 2 rings (SSSR count). The fourth-order valence-corrected chi connectivity index (χ4v) is 2.44. The highest BCUT2D eigenvalue weighted by atomic mass is 15.3. The van der Waals surface area contributed by atoms with Crippen molar-refractivity contribution in [1.82, 2.24) is 19.6 Å². The van der Waals surface area contributed by atoms with Gasteiger partial charge in [0.2, 0.25) is 0 Å². The highest BCUT2D eigenvalue weighted by Gasteiger charge is 2.21. The van der Waals surface area contributed by atoms with Crippen molar-refractivity contribution in [3.05, 3.63) is 34.9 Å². The molecule has 0 saturated heterocycles. The van der Waals surface area contributed by atoms with Gasteiger partial charge in [-0.3, -0.25) is 9.36 Å². The fraction of sp³-hybridized carbons (Fsp3) is 0.611. The van der Waals surface area contributed by atoms with Crippen LogP contribution < -0.4 is 0 Å². The summed E-state index contributed by atoms with van der Waals surface area (Å²) in [6.07, 6.45) is 1.75. The van der Waals surface area contributed by atoms with Crippen molar-refractivity contribution in [1.29, 1.82) is 5.26 Å². The smallest absolute Gasteiger partial charge is 0.103 e. The second-order valence-electron chi connectivity index (χ2n) is 7.97. The maximum absolute atomic E-state index is 8.79. The molecule has 23 heavy (non-hydrogen) atoms. The molecule has 0 spiro atoms. The molecule has 0 saturated carbocycles. The van der Waals surface area contributed by atoms with E-state index in [0.717, 1.165) is 11.4 Å². The summed E-state index contributed by atoms with van der Waals surface area (Å²) in [4.78, 5) is 0. The third kappa shape index (κ3) is 4.95. The number of hydrogen-bond donors (Lipinski definition) is 0. The number of rotatable bonds is 0. The van der Waals surface area contributed by atoms with Gasteiger partial charge in [0.15, 0.2) is 0 Å². The predicted molar refractivity (Wildman–Crippen MR) is 93.3 cm³/mol. The molecular weight excluding hydrogens is 286 g/mol. The second-order valence-corrected chi connectivity index (χ2v) is 7.97. The molecule has 5 heteroatoms. The first-order valence-electron chi connectivity index (χ1n) is 7.81. The molecular formula is C18H29N5. The summed E-state index contributed by atoms with van der Waals surface area (Å²) in [5, 5.41) is 17.3. The van der Waals surface area contributed by atoms with Crippen LogP contribution in [0.2, 0.25) is 0 Å². The Kier molecular flexibility index (Phi) is 5.42. The molecule has 0 atom stereocenters. The van der Waals surface area contributed by atoms with Crippen LogP contribution in [0.25, 0.3) is 0 Å². The van der Waals surface area contributed by atoms with Crippen LogP contribution in [-0.2, 0) is 24.9 Å². The van der Waals surface area contributed by atoms with Crippen molar-refractivity contribution in [2.24, 2.45) is 14.1 Å². The minimum Gasteiger partial charge on any atom is -0.274 e. The highest BCUT2D eigenvalue weighted by molar-refractivity contribution is 5.34. The molecule has 0 aliphatic heterocycles. The van der Waals surface area contributed by atoms with Crippen LogP contribution in [0.15, 0.2) is 12.3 Å². The van der Waals surface area contributed by atoms with Crippen molar-refractivity contribution in [2.75, 3.05) is 0 Å². The van der Waals surface area contributed by atoms with Crippen LogP contribution in [0.1, 0.15) is 64.2 Å². The number of aryl methyl sites for hydroxylation is 3. The first-order valence-corrected chi connectivity index (χ1v) is 7.81. The minimum absolute atomic E-state index is 0.0493. The molecule has 0 fully saturated rings. The Morgan fingerprint density at radius 2 is 1.57 bits per heavy atom. The number of aromatic nitrogens is 4. The maximum Gasteiger partial charge on any atom is 0.103 e. The quantitative estimate of drug-likeness (QED) is 0.746. The van der Waals surface area contributed by atoms with Gasteiger partial charge in [0.05, 0.1) is 17.0 Å². The van der Waals surface area contributed by atoms with Gasteiger partial charge >= 0.3 is 0 Å². The lowest BCUT2D eigenvalue weighted by Crippen LogP contribution is -2.16. The van der Waals surface area contributed by atoms with Gasteiger partial charge in [-0.05, 0) is 13.0 Å². The maximum atomic E-state index is 8.79. The van der Waals surface area contributed by atoms with Gasteiger partial charge in [-0.2, -0.15) is 15.5 Å². The Morgan fingerprint density at radius 1 is 1.00 bits per heavy atom. The number of nitriles is 1. The van der Waals surface area contributed by atoms with Crippen molar-refractivity contribution in [2.45, 2.75) is 59.3 Å². The summed E-state index contributed by atoms with van der Waals surface area (Å²) in [6.45, 7) is 14.8. The molecule has 2 heterocycles. The molecule has 0 unspecified atom stereocenters. The predicted octanol–water partition coefficient (Wildman–Crippen LogP) is 3.62. The summed E-state index contributed by atoms with van der Waals surface area (Å²) < 4.78 is 3.63. The molecule has 0 bridgehead atoms. The Morgan fingerprint density at radius 3 is 1.83 bits per heavy atom. The van der Waals surface area contributed by atoms with Crippen molar-refractivity contribution in [3.63, 3.8) is 0 Å². The third-order valence-corrected chi connectivity index (χ3v) is 3.43. The molecule has 0 N–H and O–H groups in total. The average molecular weight is 315 g/mol. The van der Waals surface area contributed by atoms with E-state index in [4.69, 9.17) is 5.26 Å². The molecule has 2 aromatic heterocycles. The topological polar surface area (TPSA) is 59.4 Å². The molecule has 0 aliphatic rings. The second kappa shape index (κ2) is 6.57. The lowest BCUT2D eigenvalue weighted by molar-refractivity contribution is 0.522. The van der Waals surface area contributed by atoms with Gasteiger partial charge in [-0.1, -0.05) is 41.5 Å². The summed E-state index contributed by atoms with van der Waals surface area (Å²) in [6, 6.07) is 4.28. The summed E-state index contributed by atoms with van der Waals surface area (Å²) in [7, 11) is 3.82. The summed E-state index contributed by atoms with van der Waals surface area (Å²) in [5.74, 6) is 0. The van der Waals surface area contributed by atoms with E-state index >= 15 is 0 Å². The first-order chi connectivity index (χ1) is 10.4. The summed E-state index contributed by atoms with van der Waals surface area (Å²) >= 11 is 0. The van der Waals surface area contributed by atoms with E-state index in [-0.39, 0.29) is 10.8 Å². The molecule has 0 aromatic carbocycles. The van der Waals surface area contributed by atoms with Gasteiger partial charge in [0.25, 0.3) is 0 Å². The standard InChI is InChI=1S/C9H13N3.C9H16N2/c1-9(2,3)8-7(5-10)6-12(4)11-8;1-7-6-8(9(2,3)4)11(5)10-7/h6H,1-4H3;6H,1-5H3. The summed E-state index contributed by atoms with van der Waals surface area (Å²) in [5.41, 5.74) is 4.08. The van der Waals surface area contributed by atoms with E-state index in [1.54, 1.807) is 10.9 Å². The zero-order valence-electron chi connectivity index (χ0n) is 15.9. The molecule has 0 amide bonds. The van der Waals surface area contributed by atoms with Gasteiger partial charge in [0, 0.05) is 36.8 Å². The third-order valence-electron chi connectivity index (χ3n) is 3.43. The van der Waals surface area contributed by atoms with Crippen molar-refractivity contribution in [3.8, 4) is 6.07 Å². The lowest BCUT2D eigenvalue weighted by atomic mass is 9.90. The molecule has 126 valence electrons. The largest absolute Gasteiger partial charge is 0.274 e. The van der Waals surface area contributed by atoms with Crippen LogP contribution in [0, 0.1) is 18.3 Å². The zero-order chi connectivity index (χ0) is 18.0. The SMILES string of the molecule is Cc1cc(C(C)(C)C)n(C)n1.Cn1cc(C#N)c(C(C)(C)C)n1. The Bertz CT molecular complexity index is 699. The fourth-order valence-electron chi connectivity index (χ4n) is 2.44. The number of hydrogen-bond acceptors (Lipinski definition) is 3. The van der Waals surface area contributed by atoms with Crippen molar-refractivity contribution < 1.29 is 0 Å². The number of nitrogens with zero attached hydrogens (tertiary/aromatic N) is 5. The van der Waals surface area contributed by atoms with E-state index in [2.05, 4.69) is 63.9 Å². The van der Waals surface area contributed by atoms with Gasteiger partial charge in [-0.15, -0.1) is 0 Å². The van der Waals surface area contributed by atoms with E-state index in [9.17, 15) is 0 Å². The van der Waals surface area contributed by atoms with Crippen LogP contribution in [0.5, 0.6) is 0 Å². The van der Waals surface area contributed by atoms with E-state index < -0.39 is 0 Å². The van der Waals surface area contributed by atoms with Crippen LogP contribution >= 0.6 is 0 Å². The Labute approximate surface area is 139 Å². The lowest BCUT2D eigenvalue weighted by Gasteiger charge is -2.17. The molecule has 2 aromatic rings. The molecule has 0 aliphatic carbocycles. The normalized spacial score (nSPS) is 11.7. The van der Waals surface area contributed by atoms with Gasteiger partial charge < -0.3 is 0 Å². The van der Waals surface area contributed by atoms with Crippen molar-refractivity contribution >= 4 is 0 Å². The highest BCUT2D eigenvalue weighted by Crippen LogP contribution is 2.23. The minimum atomic E-state index is -0.0493. The van der Waals surface area contributed by atoms with E-state index in [1.165, 1.54) is 5.69 Å². The monoisotopic (exact) mass is 315 g/mol. The Hall–Kier alpha value is -2.09.